The highest BCUT2D eigenvalue weighted by Crippen LogP contribution is 2.48. The average Bonchev–Trinajstić information content (AvgIpc) is 3.63. The van der Waals surface area contributed by atoms with Gasteiger partial charge in [-0.25, -0.2) is 0 Å². The number of benzene rings is 3. The van der Waals surface area contributed by atoms with Crippen molar-refractivity contribution >= 4 is 17.7 Å². The van der Waals surface area contributed by atoms with E-state index >= 15 is 0 Å². The molecule has 6 heteroatoms. The van der Waals surface area contributed by atoms with Crippen molar-refractivity contribution in [2.45, 2.75) is 42.8 Å². The van der Waals surface area contributed by atoms with Crippen LogP contribution >= 0.6 is 11.8 Å². The molecule has 4 aromatic rings. The van der Waals surface area contributed by atoms with Gasteiger partial charge in [-0.3, -0.25) is 4.79 Å². The maximum atomic E-state index is 11.6. The van der Waals surface area contributed by atoms with Crippen LogP contribution in [0.15, 0.2) is 83.4 Å². The molecule has 0 bridgehead atoms. The van der Waals surface area contributed by atoms with Crippen LogP contribution in [-0.2, 0) is 22.4 Å². The molecule has 5 rings (SSSR count). The first-order valence-corrected chi connectivity index (χ1v) is 12.7. The first-order chi connectivity index (χ1) is 17.0. The molecule has 0 aliphatic heterocycles. The molecule has 1 fully saturated rings. The van der Waals surface area contributed by atoms with E-state index in [1.807, 2.05) is 73.7 Å². The summed E-state index contributed by atoms with van der Waals surface area (Å²) in [5.74, 6) is 0.681. The Hall–Kier alpha value is -3.35. The summed E-state index contributed by atoms with van der Waals surface area (Å²) in [4.78, 5) is 11.6. The standard InChI is InChI=1S/C29H27NO4S/c1-19-25(17-26(31)35-18-20-5-3-2-4-6-20)27(34-30-19)23-9-7-21(8-10-23)22-11-13-24(14-12-22)29(15-16-29)28(32)33/h2-14,26,31H,15-18H2,1H3,(H,32,33). The predicted molar refractivity (Wildman–Crippen MR) is 138 cm³/mol. The Morgan fingerprint density at radius 1 is 0.971 bits per heavy atom. The van der Waals surface area contributed by atoms with Crippen molar-refractivity contribution in [3.8, 4) is 22.5 Å². The van der Waals surface area contributed by atoms with Gasteiger partial charge in [-0.2, -0.15) is 0 Å². The number of rotatable bonds is 9. The zero-order valence-corrected chi connectivity index (χ0v) is 20.3. The van der Waals surface area contributed by atoms with Gasteiger partial charge in [0.1, 0.15) is 5.44 Å². The van der Waals surface area contributed by atoms with Crippen LogP contribution in [0.3, 0.4) is 0 Å². The summed E-state index contributed by atoms with van der Waals surface area (Å²) in [6.45, 7) is 1.90. The second-order valence-electron chi connectivity index (χ2n) is 9.07. The second kappa shape index (κ2) is 9.72. The lowest BCUT2D eigenvalue weighted by molar-refractivity contribution is -0.140. The van der Waals surface area contributed by atoms with Gasteiger partial charge in [-0.15, -0.1) is 11.8 Å². The first-order valence-electron chi connectivity index (χ1n) is 11.7. The minimum absolute atomic E-state index is 0.455. The Morgan fingerprint density at radius 3 is 2.17 bits per heavy atom. The van der Waals surface area contributed by atoms with E-state index in [1.165, 1.54) is 17.3 Å². The van der Waals surface area contributed by atoms with E-state index < -0.39 is 16.8 Å². The van der Waals surface area contributed by atoms with Gasteiger partial charge >= 0.3 is 5.97 Å². The number of thioether (sulfide) groups is 1. The molecule has 1 aromatic heterocycles. The van der Waals surface area contributed by atoms with Gasteiger partial charge in [0.25, 0.3) is 0 Å². The van der Waals surface area contributed by atoms with Gasteiger partial charge in [-0.05, 0) is 42.0 Å². The van der Waals surface area contributed by atoms with E-state index in [0.29, 0.717) is 25.0 Å². The van der Waals surface area contributed by atoms with Crippen LogP contribution in [0, 0.1) is 6.92 Å². The highest BCUT2D eigenvalue weighted by molar-refractivity contribution is 7.98. The van der Waals surface area contributed by atoms with Crippen molar-refractivity contribution in [3.05, 3.63) is 101 Å². The normalized spacial score (nSPS) is 15.0. The summed E-state index contributed by atoms with van der Waals surface area (Å²) in [7, 11) is 0. The summed E-state index contributed by atoms with van der Waals surface area (Å²) in [6, 6.07) is 26.0. The Kier molecular flexibility index (Phi) is 6.50. The van der Waals surface area contributed by atoms with E-state index in [1.54, 1.807) is 0 Å². The molecule has 0 spiro atoms. The molecule has 1 atom stereocenters. The molecule has 1 saturated carbocycles. The van der Waals surface area contributed by atoms with Gasteiger partial charge in [0, 0.05) is 23.3 Å². The van der Waals surface area contributed by atoms with E-state index in [2.05, 4.69) is 17.3 Å². The van der Waals surface area contributed by atoms with E-state index in [0.717, 1.165) is 39.3 Å². The molecule has 2 N–H and O–H groups in total. The highest BCUT2D eigenvalue weighted by atomic mass is 32.2. The molecule has 1 aliphatic rings. The number of hydrogen-bond acceptors (Lipinski definition) is 5. The van der Waals surface area contributed by atoms with Crippen molar-refractivity contribution in [1.29, 1.82) is 0 Å². The summed E-state index contributed by atoms with van der Waals surface area (Å²) in [5, 5.41) is 24.3. The number of aliphatic hydroxyl groups excluding tert-OH is 1. The van der Waals surface area contributed by atoms with Gasteiger partial charge in [-0.1, -0.05) is 84.0 Å². The lowest BCUT2D eigenvalue weighted by Crippen LogP contribution is -2.19. The SMILES string of the molecule is Cc1noc(-c2ccc(-c3ccc(C4(C(=O)O)CC4)cc3)cc2)c1CC(O)SCc1ccccc1. The van der Waals surface area contributed by atoms with Crippen LogP contribution in [0.4, 0.5) is 0 Å². The second-order valence-corrected chi connectivity index (χ2v) is 10.2. The van der Waals surface area contributed by atoms with Crippen LogP contribution in [-0.4, -0.2) is 26.8 Å². The van der Waals surface area contributed by atoms with Crippen LogP contribution in [0.25, 0.3) is 22.5 Å². The van der Waals surface area contributed by atoms with Gasteiger partial charge in [0.2, 0.25) is 0 Å². The summed E-state index contributed by atoms with van der Waals surface area (Å²) in [5.41, 5.74) is 5.47. The molecule has 178 valence electrons. The number of nitrogens with zero attached hydrogens (tertiary/aromatic N) is 1. The molecule has 1 aliphatic carbocycles. The minimum Gasteiger partial charge on any atom is -0.481 e. The number of aliphatic hydroxyl groups is 1. The average molecular weight is 486 g/mol. The number of aliphatic carboxylic acids is 1. The van der Waals surface area contributed by atoms with Gasteiger partial charge < -0.3 is 14.7 Å². The lowest BCUT2D eigenvalue weighted by atomic mass is 9.93. The zero-order chi connectivity index (χ0) is 24.4. The maximum absolute atomic E-state index is 11.6. The maximum Gasteiger partial charge on any atom is 0.314 e. The fourth-order valence-corrected chi connectivity index (χ4v) is 5.26. The third kappa shape index (κ3) is 4.90. The topological polar surface area (TPSA) is 83.6 Å². The molecule has 1 heterocycles. The number of carbonyl (C=O) groups is 1. The Morgan fingerprint density at radius 2 is 1.57 bits per heavy atom. The quantitative estimate of drug-likeness (QED) is 0.274. The number of aromatic nitrogens is 1. The largest absolute Gasteiger partial charge is 0.481 e. The van der Waals surface area contributed by atoms with Crippen molar-refractivity contribution in [2.75, 3.05) is 0 Å². The summed E-state index contributed by atoms with van der Waals surface area (Å²) >= 11 is 1.50. The van der Waals surface area contributed by atoms with Gasteiger partial charge in [0.05, 0.1) is 11.1 Å². The van der Waals surface area contributed by atoms with E-state index in [4.69, 9.17) is 4.52 Å². The fourth-order valence-electron chi connectivity index (χ4n) is 4.40. The number of carboxylic acids is 1. The summed E-state index contributed by atoms with van der Waals surface area (Å²) < 4.78 is 5.65. The Balaban J connectivity index is 1.29. The molecular weight excluding hydrogens is 458 g/mol. The van der Waals surface area contributed by atoms with E-state index in [-0.39, 0.29) is 0 Å². The molecule has 35 heavy (non-hydrogen) atoms. The number of aryl methyl sites for hydroxylation is 1. The molecule has 0 amide bonds. The van der Waals surface area contributed by atoms with Crippen molar-refractivity contribution < 1.29 is 19.5 Å². The van der Waals surface area contributed by atoms with E-state index in [9.17, 15) is 15.0 Å². The zero-order valence-electron chi connectivity index (χ0n) is 19.5. The third-order valence-corrected chi connectivity index (χ3v) is 7.78. The minimum atomic E-state index is -0.739. The van der Waals surface area contributed by atoms with Crippen LogP contribution in [0.1, 0.15) is 35.2 Å². The Labute approximate surface area is 208 Å². The molecule has 0 saturated heterocycles. The van der Waals surface area contributed by atoms with Crippen molar-refractivity contribution in [2.24, 2.45) is 0 Å². The van der Waals surface area contributed by atoms with Gasteiger partial charge in [0.15, 0.2) is 5.76 Å². The number of hydrogen-bond donors (Lipinski definition) is 2. The third-order valence-electron chi connectivity index (χ3n) is 6.73. The fraction of sp³-hybridized carbons (Fsp3) is 0.241. The van der Waals surface area contributed by atoms with Crippen LogP contribution < -0.4 is 0 Å². The molecule has 1 unspecified atom stereocenters. The summed E-state index contributed by atoms with van der Waals surface area (Å²) in [6.07, 6.45) is 1.86. The van der Waals surface area contributed by atoms with Crippen molar-refractivity contribution in [1.82, 2.24) is 5.16 Å². The lowest BCUT2D eigenvalue weighted by Gasteiger charge is -2.12. The van der Waals surface area contributed by atoms with Crippen molar-refractivity contribution in [3.63, 3.8) is 0 Å². The molecule has 5 nitrogen and oxygen atoms in total. The predicted octanol–water partition coefficient (Wildman–Crippen LogP) is 6.23. The first kappa shape index (κ1) is 23.4. The molecular formula is C29H27NO4S. The molecule has 3 aromatic carbocycles. The Bertz CT molecular complexity index is 1310. The van der Waals surface area contributed by atoms with Crippen LogP contribution in [0.5, 0.6) is 0 Å². The molecule has 0 radical (unpaired) electrons. The smallest absolute Gasteiger partial charge is 0.314 e. The highest BCUT2D eigenvalue weighted by Gasteiger charge is 2.51. The number of carboxylic acid groups (broad SMARTS) is 1. The van der Waals surface area contributed by atoms with Crippen LogP contribution in [0.2, 0.25) is 0 Å². The monoisotopic (exact) mass is 485 g/mol.